The van der Waals surface area contributed by atoms with Gasteiger partial charge in [-0.25, -0.2) is 0 Å². The minimum Gasteiger partial charge on any atom is -0.370 e. The number of nitrogens with one attached hydrogen (secondary N) is 1. The fourth-order valence-electron chi connectivity index (χ4n) is 3.22. The second-order valence-electron chi connectivity index (χ2n) is 6.97. The van der Waals surface area contributed by atoms with Crippen LogP contribution in [-0.2, 0) is 13.0 Å². The zero-order valence-corrected chi connectivity index (χ0v) is 17.9. The van der Waals surface area contributed by atoms with Gasteiger partial charge in [-0.2, -0.15) is 0 Å². The monoisotopic (exact) mass is 464 g/mol. The molecule has 2 aromatic rings. The average molecular weight is 464 g/mol. The zero-order chi connectivity index (χ0) is 17.6. The standard InChI is InChI=1S/C21H28N4.HI/c1-16(2)18-8-5-9-20(14-18)24-21(22)23-11-13-25-12-10-17-6-3-4-7-19(17)15-25;/h3-9,14,16H,10-13,15H2,1-2H3,(H3,22,23,24);1H. The van der Waals surface area contributed by atoms with Crippen LogP contribution in [0.5, 0.6) is 0 Å². The highest BCUT2D eigenvalue weighted by atomic mass is 127. The number of nitrogens with zero attached hydrogens (tertiary/aromatic N) is 2. The number of aliphatic imine (C=N–C) groups is 1. The predicted molar refractivity (Wildman–Crippen MR) is 121 cm³/mol. The van der Waals surface area contributed by atoms with Crippen molar-refractivity contribution >= 4 is 35.6 Å². The van der Waals surface area contributed by atoms with Gasteiger partial charge in [0.2, 0.25) is 0 Å². The molecule has 0 radical (unpaired) electrons. The lowest BCUT2D eigenvalue weighted by atomic mass is 10.0. The summed E-state index contributed by atoms with van der Waals surface area (Å²) in [6.45, 7) is 8.13. The van der Waals surface area contributed by atoms with Crippen molar-refractivity contribution < 1.29 is 0 Å². The van der Waals surface area contributed by atoms with Crippen LogP contribution in [-0.4, -0.2) is 30.5 Å². The van der Waals surface area contributed by atoms with E-state index in [0.717, 1.165) is 31.7 Å². The lowest BCUT2D eigenvalue weighted by molar-refractivity contribution is 0.262. The zero-order valence-electron chi connectivity index (χ0n) is 15.6. The van der Waals surface area contributed by atoms with Crippen molar-refractivity contribution in [3.8, 4) is 0 Å². The van der Waals surface area contributed by atoms with Gasteiger partial charge in [-0.05, 0) is 41.2 Å². The van der Waals surface area contributed by atoms with E-state index in [1.54, 1.807) is 0 Å². The summed E-state index contributed by atoms with van der Waals surface area (Å²) in [5, 5.41) is 3.20. The Labute approximate surface area is 173 Å². The molecule has 0 amide bonds. The lowest BCUT2D eigenvalue weighted by Crippen LogP contribution is -2.33. The number of halogens is 1. The molecular formula is C21H29IN4. The smallest absolute Gasteiger partial charge is 0.193 e. The molecule has 26 heavy (non-hydrogen) atoms. The van der Waals surface area contributed by atoms with Gasteiger partial charge in [0.25, 0.3) is 0 Å². The van der Waals surface area contributed by atoms with Gasteiger partial charge in [0.1, 0.15) is 0 Å². The van der Waals surface area contributed by atoms with E-state index in [-0.39, 0.29) is 24.0 Å². The Morgan fingerprint density at radius 3 is 2.69 bits per heavy atom. The van der Waals surface area contributed by atoms with E-state index in [9.17, 15) is 0 Å². The van der Waals surface area contributed by atoms with Crippen LogP contribution in [0.1, 0.15) is 36.5 Å². The van der Waals surface area contributed by atoms with Crippen LogP contribution in [0.2, 0.25) is 0 Å². The number of benzene rings is 2. The van der Waals surface area contributed by atoms with Crippen molar-refractivity contribution in [2.75, 3.05) is 25.0 Å². The Morgan fingerprint density at radius 2 is 1.92 bits per heavy atom. The summed E-state index contributed by atoms with van der Waals surface area (Å²) in [6.07, 6.45) is 1.12. The molecule has 3 rings (SSSR count). The van der Waals surface area contributed by atoms with Crippen LogP contribution in [0.25, 0.3) is 0 Å². The number of fused-ring (bicyclic) bond motifs is 1. The van der Waals surface area contributed by atoms with Crippen LogP contribution in [0.3, 0.4) is 0 Å². The maximum atomic E-state index is 6.04. The minimum atomic E-state index is 0. The summed E-state index contributed by atoms with van der Waals surface area (Å²) in [5.41, 5.74) is 11.3. The van der Waals surface area contributed by atoms with Gasteiger partial charge >= 0.3 is 0 Å². The second kappa shape index (κ2) is 9.92. The maximum absolute atomic E-state index is 6.04. The molecule has 0 atom stereocenters. The van der Waals surface area contributed by atoms with E-state index < -0.39 is 0 Å². The molecule has 140 valence electrons. The number of anilines is 1. The van der Waals surface area contributed by atoms with Gasteiger partial charge in [0.05, 0.1) is 6.54 Å². The molecule has 5 heteroatoms. The van der Waals surface area contributed by atoms with Crippen LogP contribution in [0, 0.1) is 0 Å². The Kier molecular flexibility index (Phi) is 7.90. The fourth-order valence-corrected chi connectivity index (χ4v) is 3.22. The van der Waals surface area contributed by atoms with E-state index in [1.807, 2.05) is 6.07 Å². The summed E-state index contributed by atoms with van der Waals surface area (Å²) in [4.78, 5) is 6.93. The maximum Gasteiger partial charge on any atom is 0.193 e. The normalized spacial score (nSPS) is 14.7. The fraction of sp³-hybridized carbons (Fsp3) is 0.381. The third-order valence-electron chi connectivity index (χ3n) is 4.73. The van der Waals surface area contributed by atoms with Crippen LogP contribution >= 0.6 is 24.0 Å². The Hall–Kier alpha value is -1.60. The third kappa shape index (κ3) is 5.71. The molecule has 4 nitrogen and oxygen atoms in total. The molecule has 0 saturated heterocycles. The van der Waals surface area contributed by atoms with Gasteiger partial charge in [-0.1, -0.05) is 50.2 Å². The molecule has 0 saturated carbocycles. The second-order valence-corrected chi connectivity index (χ2v) is 6.97. The Balaban J connectivity index is 0.00000243. The van der Waals surface area contributed by atoms with E-state index >= 15 is 0 Å². The molecule has 3 N–H and O–H groups in total. The molecule has 1 aliphatic heterocycles. The quantitative estimate of drug-likeness (QED) is 0.396. The highest BCUT2D eigenvalue weighted by molar-refractivity contribution is 14.0. The lowest BCUT2D eigenvalue weighted by Gasteiger charge is -2.28. The van der Waals surface area contributed by atoms with Crippen molar-refractivity contribution in [1.29, 1.82) is 0 Å². The first-order chi connectivity index (χ1) is 12.1. The third-order valence-corrected chi connectivity index (χ3v) is 4.73. The molecule has 0 aromatic heterocycles. The number of hydrogen-bond acceptors (Lipinski definition) is 2. The molecule has 0 fully saturated rings. The molecule has 0 spiro atoms. The van der Waals surface area contributed by atoms with E-state index in [1.165, 1.54) is 16.7 Å². The summed E-state index contributed by atoms with van der Waals surface area (Å²) >= 11 is 0. The first-order valence-electron chi connectivity index (χ1n) is 9.08. The highest BCUT2D eigenvalue weighted by Crippen LogP contribution is 2.19. The molecule has 0 unspecified atom stereocenters. The van der Waals surface area contributed by atoms with E-state index in [2.05, 4.69) is 71.5 Å². The molecule has 1 heterocycles. The Bertz CT molecular complexity index is 742. The SMILES string of the molecule is CC(C)c1cccc(NC(N)=NCCN2CCc3ccccc3C2)c1.I. The van der Waals surface area contributed by atoms with E-state index in [0.29, 0.717) is 18.4 Å². The van der Waals surface area contributed by atoms with Gasteiger partial charge in [-0.3, -0.25) is 9.89 Å². The van der Waals surface area contributed by atoms with Gasteiger partial charge in [-0.15, -0.1) is 24.0 Å². The number of nitrogens with two attached hydrogens (primary N) is 1. The molecule has 2 aromatic carbocycles. The summed E-state index contributed by atoms with van der Waals surface area (Å²) in [7, 11) is 0. The summed E-state index contributed by atoms with van der Waals surface area (Å²) in [6, 6.07) is 17.0. The minimum absolute atomic E-state index is 0. The average Bonchev–Trinajstić information content (AvgIpc) is 2.62. The summed E-state index contributed by atoms with van der Waals surface area (Å²) < 4.78 is 0. The topological polar surface area (TPSA) is 53.6 Å². The number of rotatable bonds is 5. The van der Waals surface area contributed by atoms with Crippen molar-refractivity contribution in [3.05, 3.63) is 65.2 Å². The van der Waals surface area contributed by atoms with Gasteiger partial charge < -0.3 is 11.1 Å². The molecule has 0 bridgehead atoms. The van der Waals surface area contributed by atoms with E-state index in [4.69, 9.17) is 5.73 Å². The Morgan fingerprint density at radius 1 is 1.15 bits per heavy atom. The van der Waals surface area contributed by atoms with Gasteiger partial charge in [0.15, 0.2) is 5.96 Å². The molecular weight excluding hydrogens is 435 g/mol. The molecule has 0 aliphatic carbocycles. The van der Waals surface area contributed by atoms with Crippen LogP contribution in [0.15, 0.2) is 53.5 Å². The van der Waals surface area contributed by atoms with Gasteiger partial charge in [0, 0.05) is 25.3 Å². The number of guanidine groups is 1. The highest BCUT2D eigenvalue weighted by Gasteiger charge is 2.14. The van der Waals surface area contributed by atoms with Crippen molar-refractivity contribution in [2.45, 2.75) is 32.7 Å². The number of hydrogen-bond donors (Lipinski definition) is 2. The van der Waals surface area contributed by atoms with Crippen molar-refractivity contribution in [3.63, 3.8) is 0 Å². The first kappa shape index (κ1) is 20.7. The first-order valence-corrected chi connectivity index (χ1v) is 9.08. The summed E-state index contributed by atoms with van der Waals surface area (Å²) in [5.74, 6) is 0.986. The molecule has 1 aliphatic rings. The van der Waals surface area contributed by atoms with Crippen LogP contribution in [0.4, 0.5) is 5.69 Å². The van der Waals surface area contributed by atoms with Crippen molar-refractivity contribution in [1.82, 2.24) is 4.90 Å². The van der Waals surface area contributed by atoms with Crippen LogP contribution < -0.4 is 11.1 Å². The largest absolute Gasteiger partial charge is 0.370 e. The predicted octanol–water partition coefficient (Wildman–Crippen LogP) is 4.21. The van der Waals surface area contributed by atoms with Crippen molar-refractivity contribution in [2.24, 2.45) is 10.7 Å².